The van der Waals surface area contributed by atoms with Gasteiger partial charge in [-0.1, -0.05) is 13.3 Å². The quantitative estimate of drug-likeness (QED) is 0.738. The van der Waals surface area contributed by atoms with E-state index in [4.69, 9.17) is 5.11 Å². The zero-order valence-electron chi connectivity index (χ0n) is 10.9. The molecule has 1 rings (SSSR count). The number of carboxylic acids is 1. The van der Waals surface area contributed by atoms with E-state index in [0.29, 0.717) is 12.8 Å². The highest BCUT2D eigenvalue weighted by Crippen LogP contribution is 2.38. The van der Waals surface area contributed by atoms with Crippen LogP contribution in [0.15, 0.2) is 0 Å². The van der Waals surface area contributed by atoms with Crippen LogP contribution in [0.2, 0.25) is 0 Å². The Hall–Kier alpha value is -1.34. The third-order valence-electron chi connectivity index (χ3n) is 3.71. The number of hydrogen-bond donors (Lipinski definition) is 2. The van der Waals surface area contributed by atoms with E-state index >= 15 is 0 Å². The van der Waals surface area contributed by atoms with Crippen LogP contribution in [0.4, 0.5) is 17.6 Å². The van der Waals surface area contributed by atoms with Crippen LogP contribution >= 0.6 is 0 Å². The molecule has 0 saturated heterocycles. The summed E-state index contributed by atoms with van der Waals surface area (Å²) in [6.07, 6.45) is -2.61. The van der Waals surface area contributed by atoms with Crippen molar-refractivity contribution in [1.82, 2.24) is 5.32 Å². The summed E-state index contributed by atoms with van der Waals surface area (Å²) in [6, 6.07) is 0. The number of carbonyl (C=O) groups is 2. The largest absolute Gasteiger partial charge is 0.481 e. The molecule has 0 heterocycles. The van der Waals surface area contributed by atoms with Crippen molar-refractivity contribution in [2.75, 3.05) is 6.54 Å². The fraction of sp³-hybridized carbons (Fsp3) is 0.833. The second kappa shape index (κ2) is 6.41. The van der Waals surface area contributed by atoms with Crippen molar-refractivity contribution in [1.29, 1.82) is 0 Å². The lowest BCUT2D eigenvalue weighted by molar-refractivity contribution is -0.148. The number of carbonyl (C=O) groups excluding carboxylic acids is 1. The summed E-state index contributed by atoms with van der Waals surface area (Å²) in [7, 11) is 0. The minimum Gasteiger partial charge on any atom is -0.481 e. The number of hydrogen-bond acceptors (Lipinski definition) is 2. The van der Waals surface area contributed by atoms with E-state index < -0.39 is 42.6 Å². The Morgan fingerprint density at radius 1 is 1.30 bits per heavy atom. The van der Waals surface area contributed by atoms with Crippen LogP contribution in [-0.2, 0) is 9.59 Å². The van der Waals surface area contributed by atoms with Gasteiger partial charge in [0.15, 0.2) is 0 Å². The second-order valence-corrected chi connectivity index (χ2v) is 5.08. The molecule has 0 aliphatic heterocycles. The molecular formula is C12H17F4NO3. The Labute approximate surface area is 113 Å². The van der Waals surface area contributed by atoms with Crippen LogP contribution in [0.25, 0.3) is 0 Å². The molecule has 1 fully saturated rings. The topological polar surface area (TPSA) is 66.4 Å². The minimum absolute atomic E-state index is 0.0301. The first-order valence-corrected chi connectivity index (χ1v) is 6.35. The summed E-state index contributed by atoms with van der Waals surface area (Å²) < 4.78 is 49.4. The maximum absolute atomic E-state index is 12.7. The summed E-state index contributed by atoms with van der Waals surface area (Å²) in [5.74, 6) is -8.22. The Balaban J connectivity index is 2.64. The van der Waals surface area contributed by atoms with Gasteiger partial charge in [0.2, 0.25) is 5.91 Å². The van der Waals surface area contributed by atoms with E-state index in [9.17, 15) is 27.2 Å². The molecule has 0 aromatic carbocycles. The van der Waals surface area contributed by atoms with Crippen molar-refractivity contribution in [3.05, 3.63) is 0 Å². The molecule has 116 valence electrons. The average molecular weight is 299 g/mol. The fourth-order valence-corrected chi connectivity index (χ4v) is 2.45. The smallest absolute Gasteiger partial charge is 0.324 e. The van der Waals surface area contributed by atoms with Gasteiger partial charge in [-0.3, -0.25) is 9.59 Å². The summed E-state index contributed by atoms with van der Waals surface area (Å²) in [6.45, 7) is 0.359. The monoisotopic (exact) mass is 299 g/mol. The molecule has 0 aromatic rings. The summed E-state index contributed by atoms with van der Waals surface area (Å²) in [5, 5.41) is 10.8. The van der Waals surface area contributed by atoms with E-state index in [1.165, 1.54) is 0 Å². The van der Waals surface area contributed by atoms with Crippen molar-refractivity contribution in [3.8, 4) is 0 Å². The van der Waals surface area contributed by atoms with Gasteiger partial charge in [0.25, 0.3) is 0 Å². The number of rotatable bonds is 6. The normalized spacial score (nSPS) is 26.8. The standard InChI is InChI=1S/C12H17F4NO3/c1-2-6-3-7(8(4-6)10(19)20)9(18)17-5-12(15,16)11(13)14/h6-8,11H,2-5H2,1H3,(H,17,18)(H,19,20). The van der Waals surface area contributed by atoms with Gasteiger partial charge in [-0.15, -0.1) is 0 Å². The van der Waals surface area contributed by atoms with Crippen molar-refractivity contribution in [2.24, 2.45) is 17.8 Å². The zero-order chi connectivity index (χ0) is 15.5. The van der Waals surface area contributed by atoms with Crippen LogP contribution < -0.4 is 5.32 Å². The molecule has 1 amide bonds. The number of halogens is 4. The molecule has 1 aliphatic carbocycles. The maximum atomic E-state index is 12.7. The van der Waals surface area contributed by atoms with Gasteiger partial charge in [-0.05, 0) is 18.8 Å². The summed E-state index contributed by atoms with van der Waals surface area (Å²) >= 11 is 0. The zero-order valence-corrected chi connectivity index (χ0v) is 10.9. The van der Waals surface area contributed by atoms with E-state index in [1.54, 1.807) is 5.32 Å². The number of aliphatic carboxylic acids is 1. The maximum Gasteiger partial charge on any atom is 0.324 e. The van der Waals surface area contributed by atoms with E-state index in [2.05, 4.69) is 0 Å². The minimum atomic E-state index is -4.31. The summed E-state index contributed by atoms with van der Waals surface area (Å²) in [4.78, 5) is 22.8. The van der Waals surface area contributed by atoms with Gasteiger partial charge in [0, 0.05) is 0 Å². The Bertz CT molecular complexity index is 376. The average Bonchev–Trinajstić information content (AvgIpc) is 2.80. The van der Waals surface area contributed by atoms with Crippen molar-refractivity contribution >= 4 is 11.9 Å². The van der Waals surface area contributed by atoms with Gasteiger partial charge >= 0.3 is 18.3 Å². The molecule has 3 unspecified atom stereocenters. The van der Waals surface area contributed by atoms with Gasteiger partial charge in [0.05, 0.1) is 18.4 Å². The first-order valence-electron chi connectivity index (χ1n) is 6.35. The van der Waals surface area contributed by atoms with Crippen LogP contribution in [-0.4, -0.2) is 35.9 Å². The highest BCUT2D eigenvalue weighted by atomic mass is 19.3. The van der Waals surface area contributed by atoms with E-state index in [1.807, 2.05) is 6.92 Å². The molecular weight excluding hydrogens is 282 g/mol. The SMILES string of the molecule is CCC1CC(C(=O)O)C(C(=O)NCC(F)(F)C(F)F)C1. The molecule has 4 nitrogen and oxygen atoms in total. The lowest BCUT2D eigenvalue weighted by atomic mass is 9.95. The number of nitrogens with one attached hydrogen (secondary N) is 1. The Morgan fingerprint density at radius 2 is 1.85 bits per heavy atom. The van der Waals surface area contributed by atoms with Gasteiger partial charge in [-0.2, -0.15) is 8.78 Å². The van der Waals surface area contributed by atoms with Crippen LogP contribution in [0.5, 0.6) is 0 Å². The first-order chi connectivity index (χ1) is 9.19. The lowest BCUT2D eigenvalue weighted by Gasteiger charge is -2.19. The summed E-state index contributed by atoms with van der Waals surface area (Å²) in [5.41, 5.74) is 0. The van der Waals surface area contributed by atoms with Crippen molar-refractivity contribution in [3.63, 3.8) is 0 Å². The molecule has 0 bridgehead atoms. The van der Waals surface area contributed by atoms with Crippen LogP contribution in [0, 0.1) is 17.8 Å². The molecule has 2 N–H and O–H groups in total. The highest BCUT2D eigenvalue weighted by molar-refractivity contribution is 5.85. The van der Waals surface area contributed by atoms with Gasteiger partial charge < -0.3 is 10.4 Å². The molecule has 0 spiro atoms. The number of alkyl halides is 4. The Kier molecular flexibility index (Phi) is 5.35. The van der Waals surface area contributed by atoms with Gasteiger partial charge in [-0.25, -0.2) is 8.78 Å². The van der Waals surface area contributed by atoms with Crippen LogP contribution in [0.1, 0.15) is 26.2 Å². The molecule has 0 aromatic heterocycles. The first kappa shape index (κ1) is 16.7. The molecule has 20 heavy (non-hydrogen) atoms. The molecule has 1 aliphatic rings. The van der Waals surface area contributed by atoms with Gasteiger partial charge in [0.1, 0.15) is 0 Å². The Morgan fingerprint density at radius 3 is 2.30 bits per heavy atom. The third kappa shape index (κ3) is 3.83. The number of carboxylic acid groups (broad SMARTS) is 1. The van der Waals surface area contributed by atoms with E-state index in [0.717, 1.165) is 0 Å². The molecule has 8 heteroatoms. The molecule has 3 atom stereocenters. The predicted octanol–water partition coefficient (Wildman–Crippen LogP) is 2.14. The molecule has 1 saturated carbocycles. The van der Waals surface area contributed by atoms with E-state index in [-0.39, 0.29) is 12.3 Å². The highest BCUT2D eigenvalue weighted by Gasteiger charge is 2.45. The predicted molar refractivity (Wildman–Crippen MR) is 61.6 cm³/mol. The molecule has 0 radical (unpaired) electrons. The van der Waals surface area contributed by atoms with Crippen molar-refractivity contribution in [2.45, 2.75) is 38.5 Å². The lowest BCUT2D eigenvalue weighted by Crippen LogP contribution is -2.44. The van der Waals surface area contributed by atoms with Crippen molar-refractivity contribution < 1.29 is 32.3 Å². The fourth-order valence-electron chi connectivity index (χ4n) is 2.45. The number of amides is 1. The van der Waals surface area contributed by atoms with Crippen LogP contribution in [0.3, 0.4) is 0 Å². The third-order valence-corrected chi connectivity index (χ3v) is 3.71. The second-order valence-electron chi connectivity index (χ2n) is 5.08.